The first-order valence-electron chi connectivity index (χ1n) is 10.5. The number of anilines is 2. The SMILES string of the molecule is CCOC(=O)c1ccc(C)c(NC(=O)CN(c2ccccc2Cl)S(=O)(=O)c2ccc(C)cc2)c1. The number of aryl methyl sites for hydroxylation is 2. The molecule has 1 N–H and O–H groups in total. The minimum absolute atomic E-state index is 0.0336. The number of ether oxygens (including phenoxy) is 1. The highest BCUT2D eigenvalue weighted by Gasteiger charge is 2.29. The van der Waals surface area contributed by atoms with Gasteiger partial charge in [0.25, 0.3) is 10.0 Å². The molecular weight excluding hydrogens is 476 g/mol. The fourth-order valence-corrected chi connectivity index (χ4v) is 4.94. The number of hydrogen-bond donors (Lipinski definition) is 1. The first kappa shape index (κ1) is 25.3. The molecule has 0 aliphatic heterocycles. The van der Waals surface area contributed by atoms with Crippen LogP contribution in [0, 0.1) is 13.8 Å². The number of benzene rings is 3. The van der Waals surface area contributed by atoms with Gasteiger partial charge in [-0.1, -0.05) is 47.5 Å². The maximum atomic E-state index is 13.5. The summed E-state index contributed by atoms with van der Waals surface area (Å²) in [4.78, 5) is 25.1. The van der Waals surface area contributed by atoms with E-state index in [-0.39, 0.29) is 27.8 Å². The van der Waals surface area contributed by atoms with Crippen LogP contribution < -0.4 is 9.62 Å². The number of amides is 1. The second-order valence-corrected chi connectivity index (χ2v) is 9.84. The topological polar surface area (TPSA) is 92.8 Å². The molecule has 0 saturated carbocycles. The van der Waals surface area contributed by atoms with Gasteiger partial charge in [-0.3, -0.25) is 9.10 Å². The molecule has 0 heterocycles. The summed E-state index contributed by atoms with van der Waals surface area (Å²) in [7, 11) is -4.11. The zero-order valence-corrected chi connectivity index (χ0v) is 20.6. The summed E-state index contributed by atoms with van der Waals surface area (Å²) in [6, 6.07) is 17.5. The van der Waals surface area contributed by atoms with Gasteiger partial charge in [-0.15, -0.1) is 0 Å². The van der Waals surface area contributed by atoms with Crippen molar-refractivity contribution in [1.29, 1.82) is 0 Å². The summed E-state index contributed by atoms with van der Waals surface area (Å²) in [5.74, 6) is -1.11. The van der Waals surface area contributed by atoms with Gasteiger partial charge >= 0.3 is 5.97 Å². The number of halogens is 1. The Morgan fingerprint density at radius 2 is 1.68 bits per heavy atom. The van der Waals surface area contributed by atoms with Crippen molar-refractivity contribution in [2.75, 3.05) is 22.8 Å². The molecule has 1 amide bonds. The monoisotopic (exact) mass is 500 g/mol. The van der Waals surface area contributed by atoms with Crippen molar-refractivity contribution in [2.45, 2.75) is 25.7 Å². The van der Waals surface area contributed by atoms with E-state index in [1.54, 1.807) is 56.3 Å². The number of carbonyl (C=O) groups excluding carboxylic acids is 2. The average molecular weight is 501 g/mol. The Bertz CT molecular complexity index is 1310. The van der Waals surface area contributed by atoms with Crippen molar-refractivity contribution in [1.82, 2.24) is 0 Å². The third-order valence-corrected chi connectivity index (χ3v) is 7.13. The smallest absolute Gasteiger partial charge is 0.338 e. The summed E-state index contributed by atoms with van der Waals surface area (Å²) in [5.41, 5.74) is 2.43. The number of sulfonamides is 1. The second kappa shape index (κ2) is 10.7. The first-order valence-corrected chi connectivity index (χ1v) is 12.4. The van der Waals surface area contributed by atoms with Crippen molar-refractivity contribution in [3.8, 4) is 0 Å². The molecule has 9 heteroatoms. The van der Waals surface area contributed by atoms with E-state index < -0.39 is 28.4 Å². The third kappa shape index (κ3) is 5.76. The van der Waals surface area contributed by atoms with E-state index in [2.05, 4.69) is 5.32 Å². The molecule has 0 aromatic heterocycles. The molecule has 0 spiro atoms. The van der Waals surface area contributed by atoms with Crippen LogP contribution in [0.4, 0.5) is 11.4 Å². The molecule has 7 nitrogen and oxygen atoms in total. The molecule has 0 fully saturated rings. The van der Waals surface area contributed by atoms with Gasteiger partial charge in [-0.25, -0.2) is 13.2 Å². The lowest BCUT2D eigenvalue weighted by Gasteiger charge is -2.25. The average Bonchev–Trinajstić information content (AvgIpc) is 2.80. The van der Waals surface area contributed by atoms with E-state index >= 15 is 0 Å². The summed E-state index contributed by atoms with van der Waals surface area (Å²) in [5, 5.41) is 2.89. The number of para-hydroxylation sites is 1. The lowest BCUT2D eigenvalue weighted by Crippen LogP contribution is -2.38. The largest absolute Gasteiger partial charge is 0.462 e. The standard InChI is InChI=1S/C25H25ClN2O5S/c1-4-33-25(30)19-12-11-18(3)22(15-19)27-24(29)16-28(23-8-6-5-7-21(23)26)34(31,32)20-13-9-17(2)10-14-20/h5-15H,4,16H2,1-3H3,(H,27,29). The number of hydrogen-bond acceptors (Lipinski definition) is 5. The van der Waals surface area contributed by atoms with Gasteiger partial charge in [0.1, 0.15) is 6.54 Å². The van der Waals surface area contributed by atoms with E-state index in [1.165, 1.54) is 24.3 Å². The summed E-state index contributed by atoms with van der Waals surface area (Å²) in [6.45, 7) is 5.01. The van der Waals surface area contributed by atoms with E-state index in [0.717, 1.165) is 9.87 Å². The Morgan fingerprint density at radius 1 is 1.00 bits per heavy atom. The number of nitrogens with one attached hydrogen (secondary N) is 1. The van der Waals surface area contributed by atoms with Crippen LogP contribution >= 0.6 is 11.6 Å². The molecule has 0 saturated heterocycles. The predicted molar refractivity (Wildman–Crippen MR) is 133 cm³/mol. The molecule has 34 heavy (non-hydrogen) atoms. The molecular formula is C25H25ClN2O5S. The number of esters is 1. The molecule has 0 atom stereocenters. The molecule has 3 rings (SSSR count). The lowest BCUT2D eigenvalue weighted by molar-refractivity contribution is -0.114. The molecule has 0 aliphatic rings. The normalized spacial score (nSPS) is 11.1. The van der Waals surface area contributed by atoms with Crippen molar-refractivity contribution in [2.24, 2.45) is 0 Å². The van der Waals surface area contributed by atoms with Crippen LogP contribution in [0.2, 0.25) is 5.02 Å². The van der Waals surface area contributed by atoms with E-state index in [1.807, 2.05) is 6.92 Å². The van der Waals surface area contributed by atoms with Gasteiger partial charge in [-0.05, 0) is 62.7 Å². The van der Waals surface area contributed by atoms with Gasteiger partial charge in [0, 0.05) is 5.69 Å². The third-order valence-electron chi connectivity index (χ3n) is 5.04. The molecule has 3 aromatic rings. The van der Waals surface area contributed by atoms with E-state index in [4.69, 9.17) is 16.3 Å². The minimum atomic E-state index is -4.11. The molecule has 0 bridgehead atoms. The van der Waals surface area contributed by atoms with Gasteiger partial charge in [0.05, 0.1) is 27.8 Å². The van der Waals surface area contributed by atoms with Crippen molar-refractivity contribution in [3.05, 3.63) is 88.4 Å². The summed E-state index contributed by atoms with van der Waals surface area (Å²) >= 11 is 6.30. The molecule has 178 valence electrons. The van der Waals surface area contributed by atoms with E-state index in [9.17, 15) is 18.0 Å². The molecule has 3 aromatic carbocycles. The molecule has 0 unspecified atom stereocenters. The Hall–Kier alpha value is -3.36. The van der Waals surface area contributed by atoms with Gasteiger partial charge in [0.2, 0.25) is 5.91 Å². The Morgan fingerprint density at radius 3 is 2.32 bits per heavy atom. The van der Waals surface area contributed by atoms with Gasteiger partial charge < -0.3 is 10.1 Å². The van der Waals surface area contributed by atoms with Crippen LogP contribution in [0.3, 0.4) is 0 Å². The number of rotatable bonds is 8. The lowest BCUT2D eigenvalue weighted by atomic mass is 10.1. The second-order valence-electron chi connectivity index (χ2n) is 7.57. The minimum Gasteiger partial charge on any atom is -0.462 e. The van der Waals surface area contributed by atoms with Crippen LogP contribution in [0.25, 0.3) is 0 Å². The Kier molecular flexibility index (Phi) is 7.96. The summed E-state index contributed by atoms with van der Waals surface area (Å²) in [6.07, 6.45) is 0. The van der Waals surface area contributed by atoms with Gasteiger partial charge in [-0.2, -0.15) is 0 Å². The fourth-order valence-electron chi connectivity index (χ4n) is 3.21. The van der Waals surface area contributed by atoms with Crippen LogP contribution in [-0.4, -0.2) is 33.4 Å². The predicted octanol–water partition coefficient (Wildman–Crippen LogP) is 4.97. The highest BCUT2D eigenvalue weighted by Crippen LogP contribution is 2.30. The zero-order chi connectivity index (χ0) is 24.9. The Balaban J connectivity index is 1.94. The van der Waals surface area contributed by atoms with Crippen LogP contribution in [0.5, 0.6) is 0 Å². The van der Waals surface area contributed by atoms with Crippen LogP contribution in [0.15, 0.2) is 71.6 Å². The highest BCUT2D eigenvalue weighted by atomic mass is 35.5. The first-order chi connectivity index (χ1) is 16.1. The molecule has 0 radical (unpaired) electrons. The fraction of sp³-hybridized carbons (Fsp3) is 0.200. The maximum absolute atomic E-state index is 13.5. The van der Waals surface area contributed by atoms with Gasteiger partial charge in [0.15, 0.2) is 0 Å². The maximum Gasteiger partial charge on any atom is 0.338 e. The highest BCUT2D eigenvalue weighted by molar-refractivity contribution is 7.92. The van der Waals surface area contributed by atoms with Crippen molar-refractivity contribution in [3.63, 3.8) is 0 Å². The zero-order valence-electron chi connectivity index (χ0n) is 19.0. The molecule has 0 aliphatic carbocycles. The van der Waals surface area contributed by atoms with Crippen LogP contribution in [-0.2, 0) is 19.6 Å². The Labute approximate surface area is 204 Å². The number of carbonyl (C=O) groups is 2. The summed E-state index contributed by atoms with van der Waals surface area (Å²) < 4.78 is 33.0. The van der Waals surface area contributed by atoms with Crippen molar-refractivity contribution >= 4 is 44.9 Å². The number of nitrogens with zero attached hydrogens (tertiary/aromatic N) is 1. The van der Waals surface area contributed by atoms with Crippen molar-refractivity contribution < 1.29 is 22.7 Å². The van der Waals surface area contributed by atoms with Crippen LogP contribution in [0.1, 0.15) is 28.4 Å². The quantitative estimate of drug-likeness (QED) is 0.441. The van der Waals surface area contributed by atoms with E-state index in [0.29, 0.717) is 11.3 Å².